The minimum Gasteiger partial charge on any atom is -0.462 e. The van der Waals surface area contributed by atoms with E-state index >= 15 is 0 Å². The predicted octanol–water partition coefficient (Wildman–Crippen LogP) is 2.31. The van der Waals surface area contributed by atoms with Crippen molar-refractivity contribution in [2.24, 2.45) is 4.40 Å². The standard InChI is InChI=1S/C14H15ClN2O4S/c1-3-21-14(18)13-9-17(22(19,20)16-10(13)2)8-11-5-4-6-12(15)7-11/h4-7,9H,3,8H2,1-2H3. The Bertz CT molecular complexity index is 756. The van der Waals surface area contributed by atoms with Crippen LogP contribution in [0.2, 0.25) is 5.02 Å². The third kappa shape index (κ3) is 3.66. The Morgan fingerprint density at radius 1 is 1.41 bits per heavy atom. The minimum absolute atomic E-state index is 0.0303. The third-order valence-corrected chi connectivity index (χ3v) is 4.50. The summed E-state index contributed by atoms with van der Waals surface area (Å²) in [5, 5.41) is 0.501. The average molecular weight is 343 g/mol. The van der Waals surface area contributed by atoms with Crippen LogP contribution in [0.1, 0.15) is 19.4 Å². The Morgan fingerprint density at radius 2 is 2.14 bits per heavy atom. The smallest absolute Gasteiger partial charge is 0.344 e. The number of hydrogen-bond donors (Lipinski definition) is 0. The van der Waals surface area contributed by atoms with Gasteiger partial charge in [-0.1, -0.05) is 23.7 Å². The fraction of sp³-hybridized carbons (Fsp3) is 0.286. The Balaban J connectivity index is 2.34. The monoisotopic (exact) mass is 342 g/mol. The topological polar surface area (TPSA) is 76.0 Å². The average Bonchev–Trinajstić information content (AvgIpc) is 2.41. The van der Waals surface area contributed by atoms with Gasteiger partial charge in [-0.25, -0.2) is 4.79 Å². The van der Waals surface area contributed by atoms with Gasteiger partial charge in [0, 0.05) is 11.2 Å². The van der Waals surface area contributed by atoms with Gasteiger partial charge in [0.2, 0.25) is 0 Å². The van der Waals surface area contributed by atoms with Crippen molar-refractivity contribution in [1.29, 1.82) is 0 Å². The van der Waals surface area contributed by atoms with Gasteiger partial charge in [-0.15, -0.1) is 4.40 Å². The molecule has 1 heterocycles. The van der Waals surface area contributed by atoms with Gasteiger partial charge in [-0.2, -0.15) is 8.42 Å². The molecule has 0 atom stereocenters. The van der Waals surface area contributed by atoms with E-state index in [4.69, 9.17) is 16.3 Å². The number of halogens is 1. The first-order valence-electron chi connectivity index (χ1n) is 6.55. The number of rotatable bonds is 4. The summed E-state index contributed by atoms with van der Waals surface area (Å²) < 4.78 is 33.7. The molecule has 0 saturated carbocycles. The molecule has 0 aliphatic carbocycles. The van der Waals surface area contributed by atoms with Gasteiger partial charge >= 0.3 is 16.2 Å². The zero-order chi connectivity index (χ0) is 16.3. The van der Waals surface area contributed by atoms with Gasteiger partial charge in [0.25, 0.3) is 0 Å². The molecule has 0 fully saturated rings. The quantitative estimate of drug-likeness (QED) is 0.787. The van der Waals surface area contributed by atoms with E-state index in [1.54, 1.807) is 31.2 Å². The number of esters is 1. The van der Waals surface area contributed by atoms with Crippen molar-refractivity contribution < 1.29 is 17.9 Å². The van der Waals surface area contributed by atoms with Crippen LogP contribution in [0.4, 0.5) is 0 Å². The van der Waals surface area contributed by atoms with Crippen LogP contribution in [0, 0.1) is 0 Å². The number of ether oxygens (including phenoxy) is 1. The molecule has 22 heavy (non-hydrogen) atoms. The summed E-state index contributed by atoms with van der Waals surface area (Å²) in [4.78, 5) is 11.9. The molecule has 1 aromatic carbocycles. The number of carbonyl (C=O) groups is 1. The van der Waals surface area contributed by atoms with Crippen LogP contribution in [0.5, 0.6) is 0 Å². The predicted molar refractivity (Wildman–Crippen MR) is 83.7 cm³/mol. The highest BCUT2D eigenvalue weighted by Crippen LogP contribution is 2.21. The maximum atomic E-state index is 12.1. The molecule has 0 aromatic heterocycles. The van der Waals surface area contributed by atoms with E-state index in [2.05, 4.69) is 4.40 Å². The van der Waals surface area contributed by atoms with Crippen LogP contribution >= 0.6 is 11.6 Å². The van der Waals surface area contributed by atoms with Gasteiger partial charge < -0.3 is 4.74 Å². The van der Waals surface area contributed by atoms with Crippen LogP contribution in [0.15, 0.2) is 40.4 Å². The molecular weight excluding hydrogens is 328 g/mol. The summed E-state index contributed by atoms with van der Waals surface area (Å²) in [6.45, 7) is 3.36. The van der Waals surface area contributed by atoms with Gasteiger partial charge in [-0.05, 0) is 31.5 Å². The summed E-state index contributed by atoms with van der Waals surface area (Å²) in [6.07, 6.45) is 1.25. The van der Waals surface area contributed by atoms with Crippen LogP contribution < -0.4 is 0 Å². The summed E-state index contributed by atoms with van der Waals surface area (Å²) in [5.74, 6) is -0.602. The molecule has 2 rings (SSSR count). The lowest BCUT2D eigenvalue weighted by atomic mass is 10.2. The highest BCUT2D eigenvalue weighted by Gasteiger charge is 2.28. The zero-order valence-electron chi connectivity index (χ0n) is 12.1. The molecule has 0 bridgehead atoms. The first-order valence-corrected chi connectivity index (χ1v) is 8.33. The summed E-state index contributed by atoms with van der Waals surface area (Å²) in [7, 11) is -3.87. The zero-order valence-corrected chi connectivity index (χ0v) is 13.7. The first-order chi connectivity index (χ1) is 10.3. The van der Waals surface area contributed by atoms with E-state index in [1.165, 1.54) is 13.1 Å². The minimum atomic E-state index is -3.87. The van der Waals surface area contributed by atoms with Crippen LogP contribution in [0.3, 0.4) is 0 Å². The largest absolute Gasteiger partial charge is 0.462 e. The van der Waals surface area contributed by atoms with Crippen molar-refractivity contribution in [3.05, 3.63) is 46.6 Å². The molecule has 0 saturated heterocycles. The van der Waals surface area contributed by atoms with Gasteiger partial charge in [0.1, 0.15) is 0 Å². The highest BCUT2D eigenvalue weighted by atomic mass is 35.5. The van der Waals surface area contributed by atoms with Crippen LogP contribution in [0.25, 0.3) is 0 Å². The van der Waals surface area contributed by atoms with Gasteiger partial charge in [0.15, 0.2) is 0 Å². The van der Waals surface area contributed by atoms with Crippen LogP contribution in [-0.4, -0.2) is 31.0 Å². The molecule has 1 aliphatic rings. The second-order valence-electron chi connectivity index (χ2n) is 4.59. The van der Waals surface area contributed by atoms with E-state index in [1.807, 2.05) is 0 Å². The maximum Gasteiger partial charge on any atom is 0.344 e. The Hall–Kier alpha value is -1.86. The first kappa shape index (κ1) is 16.5. The summed E-state index contributed by atoms with van der Waals surface area (Å²) >= 11 is 5.89. The summed E-state index contributed by atoms with van der Waals surface area (Å²) in [5.41, 5.74) is 0.921. The third-order valence-electron chi connectivity index (χ3n) is 2.93. The van der Waals surface area contributed by atoms with Crippen LogP contribution in [-0.2, 0) is 26.3 Å². The van der Waals surface area contributed by atoms with Crippen molar-refractivity contribution in [1.82, 2.24) is 4.31 Å². The summed E-state index contributed by atoms with van der Waals surface area (Å²) in [6, 6.07) is 6.81. The molecule has 6 nitrogen and oxygen atoms in total. The van der Waals surface area contributed by atoms with E-state index in [9.17, 15) is 13.2 Å². The lowest BCUT2D eigenvalue weighted by Crippen LogP contribution is -2.31. The van der Waals surface area contributed by atoms with Crippen molar-refractivity contribution in [2.45, 2.75) is 20.4 Å². The van der Waals surface area contributed by atoms with Gasteiger partial charge in [0.05, 0.1) is 24.4 Å². The lowest BCUT2D eigenvalue weighted by Gasteiger charge is -2.23. The second-order valence-corrected chi connectivity index (χ2v) is 6.58. The van der Waals surface area contributed by atoms with Crippen molar-refractivity contribution in [2.75, 3.05) is 6.61 Å². The fourth-order valence-electron chi connectivity index (χ4n) is 1.93. The Kier molecular flexibility index (Phi) is 4.87. The molecular formula is C14H15ClN2O4S. The molecule has 8 heteroatoms. The van der Waals surface area contributed by atoms with E-state index in [-0.39, 0.29) is 24.4 Å². The SMILES string of the molecule is CCOC(=O)C1=CN(Cc2cccc(Cl)c2)S(=O)(=O)N=C1C. The fourth-order valence-corrected chi connectivity index (χ4v) is 3.24. The van der Waals surface area contributed by atoms with E-state index in [0.29, 0.717) is 10.6 Å². The molecule has 1 aromatic rings. The Morgan fingerprint density at radius 3 is 2.77 bits per heavy atom. The number of nitrogens with zero attached hydrogens (tertiary/aromatic N) is 2. The van der Waals surface area contributed by atoms with Crippen molar-refractivity contribution in [3.8, 4) is 0 Å². The maximum absolute atomic E-state index is 12.1. The Labute approximate surface area is 134 Å². The van der Waals surface area contributed by atoms with E-state index < -0.39 is 16.2 Å². The molecule has 118 valence electrons. The molecule has 0 unspecified atom stereocenters. The van der Waals surface area contributed by atoms with Crippen molar-refractivity contribution >= 4 is 33.5 Å². The molecule has 0 radical (unpaired) electrons. The van der Waals surface area contributed by atoms with Crippen molar-refractivity contribution in [3.63, 3.8) is 0 Å². The molecule has 1 aliphatic heterocycles. The lowest BCUT2D eigenvalue weighted by molar-refractivity contribution is -0.137. The van der Waals surface area contributed by atoms with E-state index in [0.717, 1.165) is 4.31 Å². The highest BCUT2D eigenvalue weighted by molar-refractivity contribution is 7.88. The number of benzene rings is 1. The number of carbonyl (C=O) groups excluding carboxylic acids is 1. The molecule has 0 amide bonds. The second kappa shape index (κ2) is 6.50. The normalized spacial score (nSPS) is 16.8. The molecule has 0 spiro atoms. The number of hydrogen-bond acceptors (Lipinski definition) is 4. The molecule has 0 N–H and O–H groups in total. The van der Waals surface area contributed by atoms with Gasteiger partial charge in [-0.3, -0.25) is 4.31 Å².